The highest BCUT2D eigenvalue weighted by molar-refractivity contribution is 5.86. The average molecular weight is 493 g/mol. The van der Waals surface area contributed by atoms with Crippen molar-refractivity contribution >= 4 is 11.3 Å². The second-order valence-corrected chi connectivity index (χ2v) is 9.92. The van der Waals surface area contributed by atoms with Gasteiger partial charge in [-0.1, -0.05) is 88.3 Å². The highest BCUT2D eigenvalue weighted by Crippen LogP contribution is 2.40. The largest absolute Gasteiger partial charge is 0.480 e. The van der Waals surface area contributed by atoms with Gasteiger partial charge in [-0.3, -0.25) is 0 Å². The smallest absolute Gasteiger partial charge is 0.172 e. The van der Waals surface area contributed by atoms with E-state index in [2.05, 4.69) is 54.4 Å². The van der Waals surface area contributed by atoms with E-state index in [1.54, 1.807) is 0 Å². The van der Waals surface area contributed by atoms with Crippen LogP contribution in [0.3, 0.4) is 0 Å². The molecule has 190 valence electrons. The molecule has 0 amide bonds. The molecule has 0 atom stereocenters. The molecule has 1 aromatic carbocycles. The molecule has 0 unspecified atom stereocenters. The molecule has 0 aromatic heterocycles. The number of anilines is 1. The Kier molecular flexibility index (Phi) is 9.94. The van der Waals surface area contributed by atoms with Gasteiger partial charge in [-0.05, 0) is 38.0 Å². The Labute approximate surface area is 222 Å². The molecule has 3 rings (SSSR count). The van der Waals surface area contributed by atoms with Gasteiger partial charge >= 0.3 is 0 Å². The van der Waals surface area contributed by atoms with Gasteiger partial charge in [-0.25, -0.2) is 0 Å². The normalized spacial score (nSPS) is 16.9. The zero-order valence-corrected chi connectivity index (χ0v) is 22.3. The number of unbranched alkanes of at least 4 members (excludes halogenated alkanes) is 7. The quantitative estimate of drug-likeness (QED) is 0.230. The zero-order valence-electron chi connectivity index (χ0n) is 22.3. The third-order valence-corrected chi connectivity index (χ3v) is 6.81. The molecule has 1 aromatic rings. The molecule has 0 spiro atoms. The molecular formula is C32H36N4O. The van der Waals surface area contributed by atoms with Crippen molar-refractivity contribution in [3.05, 3.63) is 82.8 Å². The minimum atomic E-state index is -0.818. The van der Waals surface area contributed by atoms with Gasteiger partial charge in [-0.2, -0.15) is 15.8 Å². The number of rotatable bonds is 11. The first-order valence-corrected chi connectivity index (χ1v) is 13.3. The first kappa shape index (κ1) is 27.6. The molecule has 0 bridgehead atoms. The lowest BCUT2D eigenvalue weighted by atomic mass is 9.94. The number of nitriles is 3. The molecule has 0 fully saturated rings. The number of fused-ring (bicyclic) bond motifs is 1. The standard InChI is InChI=1S/C32H36N4O/c1-4-5-6-7-8-9-10-13-20-36-21-19-25(27-16-11-12-18-30(27)36)15-14-17-29-28(24-35)31(26(22-33)23-34)37-32(29,2)3/h11-12,14-19,21H,4-10,13,20H2,1-3H3. The predicted molar refractivity (Wildman–Crippen MR) is 149 cm³/mol. The van der Waals surface area contributed by atoms with Crippen LogP contribution in [0.5, 0.6) is 0 Å². The highest BCUT2D eigenvalue weighted by Gasteiger charge is 2.38. The van der Waals surface area contributed by atoms with Gasteiger partial charge in [0.2, 0.25) is 0 Å². The third kappa shape index (κ3) is 6.81. The van der Waals surface area contributed by atoms with Crippen molar-refractivity contribution in [2.75, 3.05) is 11.4 Å². The topological polar surface area (TPSA) is 83.8 Å². The van der Waals surface area contributed by atoms with Crippen LogP contribution in [0.4, 0.5) is 5.69 Å². The second kappa shape index (κ2) is 13.3. The van der Waals surface area contributed by atoms with Crippen LogP contribution in [0.15, 0.2) is 77.2 Å². The van der Waals surface area contributed by atoms with Crippen LogP contribution in [0.2, 0.25) is 0 Å². The minimum Gasteiger partial charge on any atom is -0.480 e. The van der Waals surface area contributed by atoms with E-state index in [4.69, 9.17) is 4.74 Å². The summed E-state index contributed by atoms with van der Waals surface area (Å²) in [7, 11) is 0. The lowest BCUT2D eigenvalue weighted by molar-refractivity contribution is 0.0954. The summed E-state index contributed by atoms with van der Waals surface area (Å²) in [5.41, 5.74) is 3.33. The van der Waals surface area contributed by atoms with E-state index in [0.717, 1.165) is 12.1 Å². The monoisotopic (exact) mass is 492 g/mol. The maximum Gasteiger partial charge on any atom is 0.172 e. The Hall–Kier alpha value is -4.01. The number of ether oxygens (including phenoxy) is 1. The van der Waals surface area contributed by atoms with Gasteiger partial charge in [-0.15, -0.1) is 0 Å². The van der Waals surface area contributed by atoms with E-state index in [0.29, 0.717) is 5.57 Å². The van der Waals surface area contributed by atoms with E-state index in [9.17, 15) is 15.8 Å². The Morgan fingerprint density at radius 3 is 2.32 bits per heavy atom. The zero-order chi connectivity index (χ0) is 26.7. The van der Waals surface area contributed by atoms with Crippen LogP contribution in [-0.2, 0) is 4.74 Å². The van der Waals surface area contributed by atoms with Crippen LogP contribution >= 0.6 is 0 Å². The molecule has 2 aliphatic rings. The first-order valence-electron chi connectivity index (χ1n) is 13.3. The average Bonchev–Trinajstić information content (AvgIpc) is 3.16. The van der Waals surface area contributed by atoms with E-state index >= 15 is 0 Å². The summed E-state index contributed by atoms with van der Waals surface area (Å²) in [5, 5.41) is 28.2. The fraction of sp³-hybridized carbons (Fsp3) is 0.406. The van der Waals surface area contributed by atoms with E-state index in [-0.39, 0.29) is 16.9 Å². The number of hydrogen-bond acceptors (Lipinski definition) is 5. The lowest BCUT2D eigenvalue weighted by Gasteiger charge is -2.27. The van der Waals surface area contributed by atoms with Crippen molar-refractivity contribution in [2.45, 2.75) is 77.7 Å². The summed E-state index contributed by atoms with van der Waals surface area (Å²) in [6, 6.07) is 14.2. The van der Waals surface area contributed by atoms with Gasteiger partial charge in [0.15, 0.2) is 11.3 Å². The van der Waals surface area contributed by atoms with E-state index in [1.165, 1.54) is 62.6 Å². The number of allylic oxidation sites excluding steroid dienone is 6. The molecule has 0 aliphatic carbocycles. The summed E-state index contributed by atoms with van der Waals surface area (Å²) in [4.78, 5) is 2.33. The van der Waals surface area contributed by atoms with Crippen molar-refractivity contribution in [1.82, 2.24) is 0 Å². The fourth-order valence-corrected chi connectivity index (χ4v) is 4.80. The third-order valence-electron chi connectivity index (χ3n) is 6.81. The van der Waals surface area contributed by atoms with Crippen molar-refractivity contribution in [1.29, 1.82) is 15.8 Å². The molecule has 5 nitrogen and oxygen atoms in total. The predicted octanol–water partition coefficient (Wildman–Crippen LogP) is 8.03. The fourth-order valence-electron chi connectivity index (χ4n) is 4.80. The molecule has 2 heterocycles. The van der Waals surface area contributed by atoms with Gasteiger partial charge in [0, 0.05) is 29.6 Å². The lowest BCUT2D eigenvalue weighted by Crippen LogP contribution is -2.21. The Balaban J connectivity index is 1.73. The molecule has 0 saturated heterocycles. The Morgan fingerprint density at radius 1 is 0.973 bits per heavy atom. The summed E-state index contributed by atoms with van der Waals surface area (Å²) in [5.74, 6) is 0.0595. The maximum atomic E-state index is 9.73. The van der Waals surface area contributed by atoms with Crippen LogP contribution in [0, 0.1) is 34.0 Å². The van der Waals surface area contributed by atoms with Crippen molar-refractivity contribution in [3.8, 4) is 18.2 Å². The molecule has 5 heteroatoms. The van der Waals surface area contributed by atoms with E-state index < -0.39 is 5.60 Å². The maximum absolute atomic E-state index is 9.73. The molecule has 0 radical (unpaired) electrons. The second-order valence-electron chi connectivity index (χ2n) is 9.92. The van der Waals surface area contributed by atoms with Gasteiger partial charge in [0.1, 0.15) is 29.4 Å². The Morgan fingerprint density at radius 2 is 1.65 bits per heavy atom. The molecule has 2 aliphatic heterocycles. The molecule has 0 saturated carbocycles. The Bertz CT molecular complexity index is 1240. The van der Waals surface area contributed by atoms with Crippen LogP contribution in [-0.4, -0.2) is 12.1 Å². The highest BCUT2D eigenvalue weighted by atomic mass is 16.5. The summed E-state index contributed by atoms with van der Waals surface area (Å²) in [6.07, 6.45) is 20.5. The van der Waals surface area contributed by atoms with Gasteiger partial charge < -0.3 is 9.64 Å². The van der Waals surface area contributed by atoms with Crippen LogP contribution < -0.4 is 4.90 Å². The van der Waals surface area contributed by atoms with Gasteiger partial charge in [0.25, 0.3) is 0 Å². The number of hydrogen-bond donors (Lipinski definition) is 0. The van der Waals surface area contributed by atoms with Crippen LogP contribution in [0.25, 0.3) is 5.57 Å². The van der Waals surface area contributed by atoms with E-state index in [1.807, 2.05) is 44.2 Å². The van der Waals surface area contributed by atoms with Crippen molar-refractivity contribution in [3.63, 3.8) is 0 Å². The number of para-hydroxylation sites is 1. The molecule has 37 heavy (non-hydrogen) atoms. The van der Waals surface area contributed by atoms with Gasteiger partial charge in [0.05, 0.1) is 0 Å². The molecular weight excluding hydrogens is 456 g/mol. The first-order chi connectivity index (χ1) is 18.0. The van der Waals surface area contributed by atoms with Crippen LogP contribution in [0.1, 0.15) is 77.7 Å². The minimum absolute atomic E-state index is 0.0595. The van der Waals surface area contributed by atoms with Crippen molar-refractivity contribution in [2.24, 2.45) is 0 Å². The number of benzene rings is 1. The summed E-state index contributed by atoms with van der Waals surface area (Å²) >= 11 is 0. The number of nitrogens with zero attached hydrogens (tertiary/aromatic N) is 4. The SMILES string of the molecule is CCCCCCCCCCN1C=CC(=CC=CC2=C(C#N)C(=C(C#N)C#N)OC2(C)C)c2ccccc21. The van der Waals surface area contributed by atoms with Crippen molar-refractivity contribution < 1.29 is 4.74 Å². The molecule has 0 N–H and O–H groups in total. The summed E-state index contributed by atoms with van der Waals surface area (Å²) in [6.45, 7) is 6.92. The summed E-state index contributed by atoms with van der Waals surface area (Å²) < 4.78 is 5.85.